The molecule has 0 radical (unpaired) electrons. The predicted molar refractivity (Wildman–Crippen MR) is 92.8 cm³/mol. The number of fused-ring (bicyclic) bond motifs is 2. The van der Waals surface area contributed by atoms with E-state index in [-0.39, 0.29) is 0 Å². The first kappa shape index (κ1) is 12.3. The minimum Gasteiger partial charge on any atom is -0.318 e. The van der Waals surface area contributed by atoms with Gasteiger partial charge in [-0.05, 0) is 65.8 Å². The molecule has 4 heteroatoms. The molecule has 0 atom stereocenters. The Morgan fingerprint density at radius 3 is 3.05 bits per heavy atom. The molecule has 21 heavy (non-hydrogen) atoms. The van der Waals surface area contributed by atoms with Gasteiger partial charge in [-0.1, -0.05) is 11.8 Å². The zero-order valence-electron chi connectivity index (χ0n) is 11.9. The fourth-order valence-corrected chi connectivity index (χ4v) is 5.55. The SMILES string of the molecule is Cc1cc(C2=C(C3CC3)SC3=NCCN32)cc2ccsc12. The summed E-state index contributed by atoms with van der Waals surface area (Å²) in [7, 11) is 0. The highest BCUT2D eigenvalue weighted by molar-refractivity contribution is 8.17. The molecule has 3 heterocycles. The summed E-state index contributed by atoms with van der Waals surface area (Å²) in [6.07, 6.45) is 2.71. The molecule has 2 nitrogen and oxygen atoms in total. The summed E-state index contributed by atoms with van der Waals surface area (Å²) in [5.74, 6) is 0.789. The van der Waals surface area contributed by atoms with E-state index in [9.17, 15) is 0 Å². The third-order valence-corrected chi connectivity index (χ3v) is 6.81. The monoisotopic (exact) mass is 312 g/mol. The van der Waals surface area contributed by atoms with Gasteiger partial charge < -0.3 is 4.90 Å². The highest BCUT2D eigenvalue weighted by atomic mass is 32.2. The molecule has 5 rings (SSSR count). The molecule has 1 saturated carbocycles. The van der Waals surface area contributed by atoms with Gasteiger partial charge in [0.25, 0.3) is 0 Å². The van der Waals surface area contributed by atoms with E-state index < -0.39 is 0 Å². The van der Waals surface area contributed by atoms with Gasteiger partial charge >= 0.3 is 0 Å². The lowest BCUT2D eigenvalue weighted by Crippen LogP contribution is -2.20. The molecule has 1 aliphatic carbocycles. The van der Waals surface area contributed by atoms with Crippen molar-refractivity contribution in [2.24, 2.45) is 10.9 Å². The number of thiophene rings is 1. The zero-order valence-corrected chi connectivity index (χ0v) is 13.6. The molecular weight excluding hydrogens is 296 g/mol. The maximum atomic E-state index is 4.67. The first-order valence-electron chi connectivity index (χ1n) is 7.53. The maximum absolute atomic E-state index is 4.67. The summed E-state index contributed by atoms with van der Waals surface area (Å²) in [5, 5.41) is 4.81. The summed E-state index contributed by atoms with van der Waals surface area (Å²) in [6, 6.07) is 6.99. The molecule has 2 aliphatic heterocycles. The quantitative estimate of drug-likeness (QED) is 0.798. The van der Waals surface area contributed by atoms with E-state index in [1.165, 1.54) is 44.9 Å². The number of aliphatic imine (C=N–C) groups is 1. The molecule has 3 aliphatic rings. The van der Waals surface area contributed by atoms with E-state index in [2.05, 4.69) is 40.4 Å². The van der Waals surface area contributed by atoms with Crippen LogP contribution in [0.3, 0.4) is 0 Å². The third kappa shape index (κ3) is 1.82. The Labute approximate surface area is 132 Å². The van der Waals surface area contributed by atoms with Crippen molar-refractivity contribution in [3.63, 3.8) is 0 Å². The van der Waals surface area contributed by atoms with Gasteiger partial charge in [-0.25, -0.2) is 0 Å². The zero-order chi connectivity index (χ0) is 14.0. The van der Waals surface area contributed by atoms with E-state index in [0.717, 1.165) is 19.0 Å². The van der Waals surface area contributed by atoms with E-state index >= 15 is 0 Å². The lowest BCUT2D eigenvalue weighted by molar-refractivity contribution is 0.645. The van der Waals surface area contributed by atoms with Crippen molar-refractivity contribution >= 4 is 44.0 Å². The minimum atomic E-state index is 0.789. The summed E-state index contributed by atoms with van der Waals surface area (Å²) in [6.45, 7) is 4.23. The van der Waals surface area contributed by atoms with Crippen LogP contribution in [-0.2, 0) is 0 Å². The van der Waals surface area contributed by atoms with Gasteiger partial charge in [-0.2, -0.15) is 0 Å². The average Bonchev–Trinajstić information content (AvgIpc) is 2.89. The number of thioether (sulfide) groups is 1. The molecule has 0 bridgehead atoms. The fraction of sp³-hybridized carbons (Fsp3) is 0.353. The highest BCUT2D eigenvalue weighted by Gasteiger charge is 2.40. The van der Waals surface area contributed by atoms with Gasteiger partial charge in [0.2, 0.25) is 0 Å². The summed E-state index contributed by atoms with van der Waals surface area (Å²) >= 11 is 3.77. The van der Waals surface area contributed by atoms with Crippen LogP contribution in [0, 0.1) is 12.8 Å². The molecule has 0 saturated heterocycles. The van der Waals surface area contributed by atoms with Crippen molar-refractivity contribution in [1.82, 2.24) is 4.90 Å². The number of rotatable bonds is 2. The van der Waals surface area contributed by atoms with Crippen LogP contribution in [0.5, 0.6) is 0 Å². The van der Waals surface area contributed by atoms with E-state index in [1.54, 1.807) is 4.91 Å². The van der Waals surface area contributed by atoms with Crippen LogP contribution in [-0.4, -0.2) is 23.2 Å². The average molecular weight is 312 g/mol. The van der Waals surface area contributed by atoms with Crippen LogP contribution in [0.2, 0.25) is 0 Å². The van der Waals surface area contributed by atoms with Crippen molar-refractivity contribution in [1.29, 1.82) is 0 Å². The molecule has 0 amide bonds. The number of hydrogen-bond donors (Lipinski definition) is 0. The number of nitrogens with zero attached hydrogens (tertiary/aromatic N) is 2. The van der Waals surface area contributed by atoms with E-state index in [1.807, 2.05) is 23.1 Å². The first-order valence-corrected chi connectivity index (χ1v) is 9.23. The number of benzene rings is 1. The Morgan fingerprint density at radius 1 is 1.29 bits per heavy atom. The number of aryl methyl sites for hydroxylation is 1. The molecule has 1 fully saturated rings. The van der Waals surface area contributed by atoms with Crippen molar-refractivity contribution < 1.29 is 0 Å². The standard InChI is InChI=1S/C17H16N2S2/c1-10-8-13(9-12-4-7-20-15(10)12)14-16(11-2-3-11)21-17-18-5-6-19(14)17/h4,7-9,11H,2-3,5-6H2,1H3. The van der Waals surface area contributed by atoms with Crippen LogP contribution < -0.4 is 0 Å². The molecule has 0 spiro atoms. The topological polar surface area (TPSA) is 15.6 Å². The van der Waals surface area contributed by atoms with E-state index in [4.69, 9.17) is 0 Å². The normalized spacial score (nSPS) is 21.4. The summed E-state index contributed by atoms with van der Waals surface area (Å²) < 4.78 is 1.42. The third-order valence-electron chi connectivity index (χ3n) is 4.46. The number of amidine groups is 1. The van der Waals surface area contributed by atoms with Gasteiger partial charge in [0.05, 0.1) is 12.2 Å². The second-order valence-corrected chi connectivity index (χ2v) is 7.96. The van der Waals surface area contributed by atoms with Gasteiger partial charge in [-0.3, -0.25) is 4.99 Å². The Bertz CT molecular complexity index is 811. The lowest BCUT2D eigenvalue weighted by Gasteiger charge is -2.18. The van der Waals surface area contributed by atoms with Crippen LogP contribution in [0.25, 0.3) is 15.8 Å². The summed E-state index contributed by atoms with van der Waals surface area (Å²) in [4.78, 5) is 8.70. The second-order valence-electron chi connectivity index (χ2n) is 6.04. The van der Waals surface area contributed by atoms with Crippen LogP contribution >= 0.6 is 23.1 Å². The van der Waals surface area contributed by atoms with Gasteiger partial charge in [-0.15, -0.1) is 11.3 Å². The van der Waals surface area contributed by atoms with Gasteiger partial charge in [0.1, 0.15) is 0 Å². The first-order chi connectivity index (χ1) is 10.3. The Morgan fingerprint density at radius 2 is 2.19 bits per heavy atom. The summed E-state index contributed by atoms with van der Waals surface area (Å²) in [5.41, 5.74) is 4.24. The van der Waals surface area contributed by atoms with Crippen molar-refractivity contribution in [2.75, 3.05) is 13.1 Å². The Kier molecular flexibility index (Phi) is 2.56. The molecule has 1 aromatic carbocycles. The van der Waals surface area contributed by atoms with Crippen LogP contribution in [0.4, 0.5) is 0 Å². The lowest BCUT2D eigenvalue weighted by atomic mass is 10.0. The minimum absolute atomic E-state index is 0.789. The van der Waals surface area contributed by atoms with Crippen molar-refractivity contribution in [3.05, 3.63) is 39.6 Å². The molecular formula is C17H16N2S2. The van der Waals surface area contributed by atoms with Crippen molar-refractivity contribution in [2.45, 2.75) is 19.8 Å². The largest absolute Gasteiger partial charge is 0.318 e. The molecule has 2 aromatic rings. The molecule has 106 valence electrons. The molecule has 0 unspecified atom stereocenters. The van der Waals surface area contributed by atoms with Crippen LogP contribution in [0.1, 0.15) is 24.0 Å². The maximum Gasteiger partial charge on any atom is 0.168 e. The Hall–Kier alpha value is -1.26. The van der Waals surface area contributed by atoms with E-state index in [0.29, 0.717) is 0 Å². The number of hydrogen-bond acceptors (Lipinski definition) is 4. The second kappa shape index (κ2) is 4.37. The molecule has 1 aromatic heterocycles. The Balaban J connectivity index is 1.72. The number of allylic oxidation sites excluding steroid dienone is 1. The van der Waals surface area contributed by atoms with Gasteiger partial charge in [0.15, 0.2) is 5.17 Å². The van der Waals surface area contributed by atoms with Crippen molar-refractivity contribution in [3.8, 4) is 0 Å². The predicted octanol–water partition coefficient (Wildman–Crippen LogP) is 4.71. The highest BCUT2D eigenvalue weighted by Crippen LogP contribution is 2.52. The molecule has 0 N–H and O–H groups in total. The van der Waals surface area contributed by atoms with Crippen LogP contribution in [0.15, 0.2) is 33.5 Å². The fourth-order valence-electron chi connectivity index (χ4n) is 3.32. The van der Waals surface area contributed by atoms with Gasteiger partial charge in [0, 0.05) is 16.1 Å². The smallest absolute Gasteiger partial charge is 0.168 e.